The highest BCUT2D eigenvalue weighted by atomic mass is 35.5. The van der Waals surface area contributed by atoms with Gasteiger partial charge in [-0.25, -0.2) is 0 Å². The Kier molecular flexibility index (Phi) is 6.26. The number of ether oxygens (including phenoxy) is 1. The fraction of sp³-hybridized carbons (Fsp3) is 0.185. The molecule has 0 spiro atoms. The number of nitrogens with one attached hydrogen (secondary N) is 1. The van der Waals surface area contributed by atoms with Gasteiger partial charge in [0.2, 0.25) is 0 Å². The van der Waals surface area contributed by atoms with Crippen LogP contribution >= 0.6 is 23.8 Å². The molecule has 7 heteroatoms. The molecule has 34 heavy (non-hydrogen) atoms. The van der Waals surface area contributed by atoms with Gasteiger partial charge in [0.15, 0.2) is 5.11 Å². The van der Waals surface area contributed by atoms with Crippen molar-refractivity contribution >= 4 is 28.9 Å². The number of rotatable bonds is 6. The zero-order valence-electron chi connectivity index (χ0n) is 18.9. The van der Waals surface area contributed by atoms with Gasteiger partial charge in [-0.2, -0.15) is 0 Å². The average molecular weight is 490 g/mol. The van der Waals surface area contributed by atoms with Gasteiger partial charge < -0.3 is 19.4 Å². The van der Waals surface area contributed by atoms with Gasteiger partial charge in [0.25, 0.3) is 0 Å². The summed E-state index contributed by atoms with van der Waals surface area (Å²) < 4.78 is 11.8. The van der Waals surface area contributed by atoms with Crippen molar-refractivity contribution in [3.63, 3.8) is 0 Å². The summed E-state index contributed by atoms with van der Waals surface area (Å²) in [6.07, 6.45) is 1.80. The molecular formula is C27H24ClN3O2S. The molecule has 0 unspecified atom stereocenters. The quantitative estimate of drug-likeness (QED) is 0.312. The number of aromatic nitrogens is 1. The van der Waals surface area contributed by atoms with Crippen molar-refractivity contribution in [1.82, 2.24) is 15.2 Å². The van der Waals surface area contributed by atoms with E-state index in [0.717, 1.165) is 39.7 Å². The van der Waals surface area contributed by atoms with Crippen LogP contribution in [-0.4, -0.2) is 22.1 Å². The van der Waals surface area contributed by atoms with Gasteiger partial charge in [0, 0.05) is 23.3 Å². The number of thiocarbonyl (C=S) groups is 1. The van der Waals surface area contributed by atoms with Crippen LogP contribution in [-0.2, 0) is 6.54 Å². The van der Waals surface area contributed by atoms with Crippen LogP contribution in [0.2, 0.25) is 5.02 Å². The first kappa shape index (κ1) is 22.4. The van der Waals surface area contributed by atoms with E-state index in [1.165, 1.54) is 0 Å². The SMILES string of the molecule is COc1ccc(CN2C(=S)N[C@H](c3ccccn3)[C@H]2c2ccc(-c3cccc(Cl)c3C)o2)cc1. The van der Waals surface area contributed by atoms with E-state index in [0.29, 0.717) is 16.7 Å². The van der Waals surface area contributed by atoms with Crippen LogP contribution in [0.4, 0.5) is 0 Å². The minimum Gasteiger partial charge on any atom is -0.497 e. The standard InChI is InChI=1S/C27H24ClN3O2S/c1-17-20(6-5-7-21(17)28)23-13-14-24(33-23)26-25(22-8-3-4-15-29-22)30-27(34)31(26)16-18-9-11-19(32-2)12-10-18/h3-15,25-26H,16H2,1-2H3,(H,30,34)/t25-,26-/m1/s1. The predicted molar refractivity (Wildman–Crippen MR) is 138 cm³/mol. The monoisotopic (exact) mass is 489 g/mol. The molecule has 0 saturated carbocycles. The fourth-order valence-corrected chi connectivity index (χ4v) is 4.82. The Morgan fingerprint density at radius 2 is 1.88 bits per heavy atom. The Bertz CT molecular complexity index is 1310. The van der Waals surface area contributed by atoms with Crippen LogP contribution in [0, 0.1) is 6.92 Å². The summed E-state index contributed by atoms with van der Waals surface area (Å²) in [5, 5.41) is 4.85. The van der Waals surface area contributed by atoms with E-state index in [-0.39, 0.29) is 12.1 Å². The van der Waals surface area contributed by atoms with Crippen molar-refractivity contribution in [2.45, 2.75) is 25.6 Å². The Hall–Kier alpha value is -3.35. The number of pyridine rings is 1. The van der Waals surface area contributed by atoms with Gasteiger partial charge >= 0.3 is 0 Å². The third kappa shape index (κ3) is 4.27. The number of halogens is 1. The highest BCUT2D eigenvalue weighted by Gasteiger charge is 2.41. The van der Waals surface area contributed by atoms with Gasteiger partial charge in [-0.1, -0.05) is 41.9 Å². The van der Waals surface area contributed by atoms with Crippen molar-refractivity contribution < 1.29 is 9.15 Å². The number of benzene rings is 2. The highest BCUT2D eigenvalue weighted by molar-refractivity contribution is 7.80. The van der Waals surface area contributed by atoms with Crippen molar-refractivity contribution in [2.24, 2.45) is 0 Å². The Morgan fingerprint density at radius 3 is 2.62 bits per heavy atom. The first-order valence-electron chi connectivity index (χ1n) is 11.0. The fourth-order valence-electron chi connectivity index (χ4n) is 4.34. The lowest BCUT2D eigenvalue weighted by Crippen LogP contribution is -2.29. The van der Waals surface area contributed by atoms with Crippen molar-refractivity contribution in [1.29, 1.82) is 0 Å². The molecule has 5 rings (SSSR count). The number of furan rings is 1. The predicted octanol–water partition coefficient (Wildman–Crippen LogP) is 6.48. The lowest BCUT2D eigenvalue weighted by atomic mass is 10.0. The lowest BCUT2D eigenvalue weighted by molar-refractivity contribution is 0.269. The zero-order chi connectivity index (χ0) is 23.7. The van der Waals surface area contributed by atoms with Crippen molar-refractivity contribution in [3.05, 3.63) is 107 Å². The van der Waals surface area contributed by atoms with Crippen LogP contribution in [0.5, 0.6) is 5.75 Å². The smallest absolute Gasteiger partial charge is 0.170 e. The van der Waals surface area contributed by atoms with Crippen molar-refractivity contribution in [2.75, 3.05) is 7.11 Å². The molecule has 1 aliphatic rings. The molecule has 5 nitrogen and oxygen atoms in total. The molecule has 4 aromatic rings. The second-order valence-electron chi connectivity index (χ2n) is 8.22. The molecule has 172 valence electrons. The molecule has 0 aliphatic carbocycles. The molecule has 0 radical (unpaired) electrons. The molecule has 0 amide bonds. The van der Waals surface area contributed by atoms with E-state index in [9.17, 15) is 0 Å². The summed E-state index contributed by atoms with van der Waals surface area (Å²) in [5.41, 5.74) is 3.99. The lowest BCUT2D eigenvalue weighted by Gasteiger charge is -2.26. The summed E-state index contributed by atoms with van der Waals surface area (Å²) in [6, 6.07) is 23.5. The zero-order valence-corrected chi connectivity index (χ0v) is 20.4. The summed E-state index contributed by atoms with van der Waals surface area (Å²) in [4.78, 5) is 6.76. The van der Waals surface area contributed by atoms with E-state index in [2.05, 4.69) is 27.3 Å². The second-order valence-corrected chi connectivity index (χ2v) is 9.01. The summed E-state index contributed by atoms with van der Waals surface area (Å²) in [6.45, 7) is 2.62. The Morgan fingerprint density at radius 1 is 1.06 bits per heavy atom. The first-order valence-corrected chi connectivity index (χ1v) is 11.8. The van der Waals surface area contributed by atoms with Crippen LogP contribution in [0.15, 0.2) is 83.4 Å². The first-order chi connectivity index (χ1) is 16.5. The van der Waals surface area contributed by atoms with Crippen molar-refractivity contribution in [3.8, 4) is 17.1 Å². The number of nitrogens with zero attached hydrogens (tertiary/aromatic N) is 2. The molecule has 1 saturated heterocycles. The van der Waals surface area contributed by atoms with E-state index >= 15 is 0 Å². The van der Waals surface area contributed by atoms with Gasteiger partial charge in [-0.05, 0) is 72.7 Å². The Balaban J connectivity index is 1.53. The van der Waals surface area contributed by atoms with E-state index < -0.39 is 0 Å². The summed E-state index contributed by atoms with van der Waals surface area (Å²) >= 11 is 12.1. The molecule has 2 aromatic heterocycles. The molecule has 1 N–H and O–H groups in total. The highest BCUT2D eigenvalue weighted by Crippen LogP contribution is 2.42. The maximum atomic E-state index is 6.45. The van der Waals surface area contributed by atoms with Crippen LogP contribution in [0.1, 0.15) is 34.7 Å². The third-order valence-electron chi connectivity index (χ3n) is 6.16. The van der Waals surface area contributed by atoms with Gasteiger partial charge in [-0.3, -0.25) is 4.98 Å². The number of hydrogen-bond acceptors (Lipinski definition) is 4. The maximum Gasteiger partial charge on any atom is 0.170 e. The van der Waals surface area contributed by atoms with Crippen LogP contribution in [0.3, 0.4) is 0 Å². The van der Waals surface area contributed by atoms with E-state index in [1.807, 2.05) is 67.6 Å². The topological polar surface area (TPSA) is 50.5 Å². The van der Waals surface area contributed by atoms with E-state index in [4.69, 9.17) is 33.0 Å². The second kappa shape index (κ2) is 9.49. The molecule has 1 aliphatic heterocycles. The maximum absolute atomic E-state index is 6.45. The molecule has 2 aromatic carbocycles. The minimum atomic E-state index is -0.169. The largest absolute Gasteiger partial charge is 0.497 e. The van der Waals surface area contributed by atoms with Gasteiger partial charge in [0.1, 0.15) is 23.3 Å². The molecular weight excluding hydrogens is 466 g/mol. The van der Waals surface area contributed by atoms with Gasteiger partial charge in [-0.15, -0.1) is 0 Å². The summed E-state index contributed by atoms with van der Waals surface area (Å²) in [5.74, 6) is 2.41. The molecule has 3 heterocycles. The normalized spacial score (nSPS) is 17.6. The molecule has 0 bridgehead atoms. The van der Waals surface area contributed by atoms with Crippen LogP contribution < -0.4 is 10.1 Å². The van der Waals surface area contributed by atoms with Gasteiger partial charge in [0.05, 0.1) is 18.8 Å². The Labute approximate surface area is 209 Å². The van der Waals surface area contributed by atoms with Crippen LogP contribution in [0.25, 0.3) is 11.3 Å². The molecule has 2 atom stereocenters. The van der Waals surface area contributed by atoms with E-state index in [1.54, 1.807) is 13.3 Å². The number of hydrogen-bond donors (Lipinski definition) is 1. The third-order valence-corrected chi connectivity index (χ3v) is 6.92. The minimum absolute atomic E-state index is 0.147. The number of methoxy groups -OCH3 is 1. The summed E-state index contributed by atoms with van der Waals surface area (Å²) in [7, 11) is 1.66. The average Bonchev–Trinajstić information content (AvgIpc) is 3.47. The molecule has 1 fully saturated rings.